The van der Waals surface area contributed by atoms with Crippen molar-refractivity contribution in [3.05, 3.63) is 29.8 Å². The van der Waals surface area contributed by atoms with Gasteiger partial charge in [-0.15, -0.1) is 0 Å². The molecule has 0 aromatic heterocycles. The molecule has 3 N–H and O–H groups in total. The molecule has 0 bridgehead atoms. The SMILES string of the molecule is CCOc1ccccc1CNC(=O)C(N)C1CCOCC1. The maximum absolute atomic E-state index is 12.2. The van der Waals surface area contributed by atoms with Gasteiger partial charge in [-0.05, 0) is 31.7 Å². The van der Waals surface area contributed by atoms with Gasteiger partial charge >= 0.3 is 0 Å². The summed E-state index contributed by atoms with van der Waals surface area (Å²) >= 11 is 0. The van der Waals surface area contributed by atoms with E-state index in [2.05, 4.69) is 5.32 Å². The number of benzene rings is 1. The minimum absolute atomic E-state index is 0.104. The first-order valence-corrected chi connectivity index (χ1v) is 7.54. The average Bonchev–Trinajstić information content (AvgIpc) is 2.54. The van der Waals surface area contributed by atoms with Gasteiger partial charge in [-0.25, -0.2) is 0 Å². The van der Waals surface area contributed by atoms with Crippen LogP contribution in [-0.2, 0) is 16.1 Å². The Labute approximate surface area is 125 Å². The molecule has 1 unspecified atom stereocenters. The van der Waals surface area contributed by atoms with Crippen molar-refractivity contribution in [2.75, 3.05) is 19.8 Å². The standard InChI is InChI=1S/C16H24N2O3/c1-2-21-14-6-4-3-5-13(14)11-18-16(19)15(17)12-7-9-20-10-8-12/h3-6,12,15H,2,7-11,17H2,1H3,(H,18,19). The maximum atomic E-state index is 12.2. The monoisotopic (exact) mass is 292 g/mol. The zero-order valence-corrected chi connectivity index (χ0v) is 12.5. The minimum Gasteiger partial charge on any atom is -0.494 e. The molecule has 1 atom stereocenters. The summed E-state index contributed by atoms with van der Waals surface area (Å²) in [6.45, 7) is 4.37. The number of amides is 1. The lowest BCUT2D eigenvalue weighted by Gasteiger charge is -2.26. The highest BCUT2D eigenvalue weighted by Crippen LogP contribution is 2.19. The second-order valence-electron chi connectivity index (χ2n) is 5.23. The molecule has 1 fully saturated rings. The third-order valence-corrected chi connectivity index (χ3v) is 3.80. The van der Waals surface area contributed by atoms with Crippen LogP contribution >= 0.6 is 0 Å². The first-order valence-electron chi connectivity index (χ1n) is 7.54. The van der Waals surface area contributed by atoms with E-state index < -0.39 is 6.04 Å². The number of nitrogens with one attached hydrogen (secondary N) is 1. The number of carbonyl (C=O) groups excluding carboxylic acids is 1. The number of hydrogen-bond acceptors (Lipinski definition) is 4. The van der Waals surface area contributed by atoms with E-state index in [4.69, 9.17) is 15.2 Å². The van der Waals surface area contributed by atoms with Gasteiger partial charge in [0.25, 0.3) is 0 Å². The van der Waals surface area contributed by atoms with Gasteiger partial charge in [0.05, 0.1) is 12.6 Å². The van der Waals surface area contributed by atoms with Crippen molar-refractivity contribution in [1.29, 1.82) is 0 Å². The number of para-hydroxylation sites is 1. The molecular weight excluding hydrogens is 268 g/mol. The lowest BCUT2D eigenvalue weighted by molar-refractivity contribution is -0.124. The smallest absolute Gasteiger partial charge is 0.237 e. The van der Waals surface area contributed by atoms with Crippen LogP contribution in [0.1, 0.15) is 25.3 Å². The molecule has 5 nitrogen and oxygen atoms in total. The fourth-order valence-corrected chi connectivity index (χ4v) is 2.54. The van der Waals surface area contributed by atoms with Crippen molar-refractivity contribution < 1.29 is 14.3 Å². The van der Waals surface area contributed by atoms with Crippen molar-refractivity contribution in [3.63, 3.8) is 0 Å². The second-order valence-corrected chi connectivity index (χ2v) is 5.23. The molecular formula is C16H24N2O3. The number of hydrogen-bond donors (Lipinski definition) is 2. The highest BCUT2D eigenvalue weighted by molar-refractivity contribution is 5.81. The third-order valence-electron chi connectivity index (χ3n) is 3.80. The van der Waals surface area contributed by atoms with Gasteiger partial charge in [0.2, 0.25) is 5.91 Å². The number of rotatable bonds is 6. The van der Waals surface area contributed by atoms with E-state index in [1.54, 1.807) is 0 Å². The molecule has 0 aliphatic carbocycles. The van der Waals surface area contributed by atoms with Crippen molar-refractivity contribution in [1.82, 2.24) is 5.32 Å². The summed E-state index contributed by atoms with van der Waals surface area (Å²) in [7, 11) is 0. The summed E-state index contributed by atoms with van der Waals surface area (Å²) in [5.41, 5.74) is 7.02. The summed E-state index contributed by atoms with van der Waals surface area (Å²) < 4.78 is 10.8. The van der Waals surface area contributed by atoms with Gasteiger partial charge in [0.1, 0.15) is 5.75 Å². The quantitative estimate of drug-likeness (QED) is 0.832. The molecule has 21 heavy (non-hydrogen) atoms. The molecule has 0 spiro atoms. The van der Waals surface area contributed by atoms with E-state index in [0.717, 1.165) is 24.2 Å². The van der Waals surface area contributed by atoms with Gasteiger partial charge in [0, 0.05) is 25.3 Å². The number of ether oxygens (including phenoxy) is 2. The summed E-state index contributed by atoms with van der Waals surface area (Å²) in [5.74, 6) is 0.911. The van der Waals surface area contributed by atoms with Crippen LogP contribution in [0.15, 0.2) is 24.3 Å². The Morgan fingerprint density at radius 2 is 2.14 bits per heavy atom. The Morgan fingerprint density at radius 3 is 2.86 bits per heavy atom. The topological polar surface area (TPSA) is 73.6 Å². The normalized spacial score (nSPS) is 17.2. The second kappa shape index (κ2) is 8.00. The molecule has 1 aromatic carbocycles. The van der Waals surface area contributed by atoms with Crippen molar-refractivity contribution in [3.8, 4) is 5.75 Å². The first-order chi connectivity index (χ1) is 10.2. The molecule has 1 aliphatic rings. The predicted molar refractivity (Wildman–Crippen MR) is 81.0 cm³/mol. The molecule has 116 valence electrons. The maximum Gasteiger partial charge on any atom is 0.237 e. The molecule has 1 amide bonds. The van der Waals surface area contributed by atoms with E-state index in [1.807, 2.05) is 31.2 Å². The van der Waals surface area contributed by atoms with Crippen molar-refractivity contribution >= 4 is 5.91 Å². The Hall–Kier alpha value is -1.59. The highest BCUT2D eigenvalue weighted by Gasteiger charge is 2.26. The Morgan fingerprint density at radius 1 is 1.43 bits per heavy atom. The van der Waals surface area contributed by atoms with Crippen LogP contribution < -0.4 is 15.8 Å². The number of nitrogens with two attached hydrogens (primary N) is 1. The minimum atomic E-state index is -0.465. The van der Waals surface area contributed by atoms with Crippen molar-refractivity contribution in [2.24, 2.45) is 11.7 Å². The van der Waals surface area contributed by atoms with Crippen LogP contribution in [-0.4, -0.2) is 31.8 Å². The Bertz CT molecular complexity index is 459. The van der Waals surface area contributed by atoms with Gasteiger partial charge in [0.15, 0.2) is 0 Å². The molecule has 0 saturated carbocycles. The van der Waals surface area contributed by atoms with E-state index in [9.17, 15) is 4.79 Å². The van der Waals surface area contributed by atoms with Crippen LogP contribution in [0.25, 0.3) is 0 Å². The summed E-state index contributed by atoms with van der Waals surface area (Å²) in [6, 6.07) is 7.24. The number of carbonyl (C=O) groups is 1. The molecule has 0 radical (unpaired) electrons. The van der Waals surface area contributed by atoms with Crippen LogP contribution in [0.4, 0.5) is 0 Å². The predicted octanol–water partition coefficient (Wildman–Crippen LogP) is 1.46. The first kappa shape index (κ1) is 15.8. The van der Waals surface area contributed by atoms with Gasteiger partial charge in [-0.3, -0.25) is 4.79 Å². The molecule has 1 heterocycles. The lowest BCUT2D eigenvalue weighted by Crippen LogP contribution is -2.46. The fourth-order valence-electron chi connectivity index (χ4n) is 2.54. The lowest BCUT2D eigenvalue weighted by atomic mass is 9.92. The molecule has 5 heteroatoms. The zero-order chi connectivity index (χ0) is 15.1. The fraction of sp³-hybridized carbons (Fsp3) is 0.562. The van der Waals surface area contributed by atoms with Gasteiger partial charge in [-0.1, -0.05) is 18.2 Å². The van der Waals surface area contributed by atoms with Crippen LogP contribution in [0.5, 0.6) is 5.75 Å². The Balaban J connectivity index is 1.88. The van der Waals surface area contributed by atoms with E-state index >= 15 is 0 Å². The summed E-state index contributed by atoms with van der Waals surface area (Å²) in [4.78, 5) is 12.2. The average molecular weight is 292 g/mol. The van der Waals surface area contributed by atoms with Crippen molar-refractivity contribution in [2.45, 2.75) is 32.4 Å². The summed E-state index contributed by atoms with van der Waals surface area (Å²) in [5, 5.41) is 2.91. The molecule has 1 aliphatic heterocycles. The molecule has 1 aromatic rings. The molecule has 1 saturated heterocycles. The highest BCUT2D eigenvalue weighted by atomic mass is 16.5. The zero-order valence-electron chi connectivity index (χ0n) is 12.5. The van der Waals surface area contributed by atoms with E-state index in [1.165, 1.54) is 0 Å². The van der Waals surface area contributed by atoms with E-state index in [-0.39, 0.29) is 11.8 Å². The van der Waals surface area contributed by atoms with Crippen LogP contribution in [0.3, 0.4) is 0 Å². The molecule has 2 rings (SSSR count). The van der Waals surface area contributed by atoms with Crippen LogP contribution in [0, 0.1) is 5.92 Å². The van der Waals surface area contributed by atoms with Gasteiger partial charge < -0.3 is 20.5 Å². The van der Waals surface area contributed by atoms with Gasteiger partial charge in [-0.2, -0.15) is 0 Å². The van der Waals surface area contributed by atoms with E-state index in [0.29, 0.717) is 26.4 Å². The summed E-state index contributed by atoms with van der Waals surface area (Å²) in [6.07, 6.45) is 1.70. The largest absolute Gasteiger partial charge is 0.494 e. The van der Waals surface area contributed by atoms with Crippen LogP contribution in [0.2, 0.25) is 0 Å². The Kier molecular flexibility index (Phi) is 6.02. The third kappa shape index (κ3) is 4.44.